The summed E-state index contributed by atoms with van der Waals surface area (Å²) in [7, 11) is 0. The lowest BCUT2D eigenvalue weighted by Crippen LogP contribution is -3.28. The van der Waals surface area contributed by atoms with Crippen LogP contribution in [0.15, 0.2) is 30.3 Å². The van der Waals surface area contributed by atoms with Crippen molar-refractivity contribution in [2.24, 2.45) is 0 Å². The Labute approximate surface area is 116 Å². The molecule has 1 aliphatic heterocycles. The summed E-state index contributed by atoms with van der Waals surface area (Å²) < 4.78 is 0. The molecule has 0 amide bonds. The summed E-state index contributed by atoms with van der Waals surface area (Å²) in [6, 6.07) is 10.8. The molecule has 3 N–H and O–H groups in total. The van der Waals surface area contributed by atoms with Gasteiger partial charge in [-0.15, -0.1) is 0 Å². The van der Waals surface area contributed by atoms with Crippen molar-refractivity contribution in [2.75, 3.05) is 45.9 Å². The molecule has 1 heterocycles. The molecule has 19 heavy (non-hydrogen) atoms. The molecule has 1 aromatic carbocycles. The first-order chi connectivity index (χ1) is 9.29. The van der Waals surface area contributed by atoms with E-state index in [1.807, 2.05) is 0 Å². The predicted molar refractivity (Wildman–Crippen MR) is 77.7 cm³/mol. The Balaban J connectivity index is 1.69. The Kier molecular flexibility index (Phi) is 5.83. The molecule has 3 nitrogen and oxygen atoms in total. The van der Waals surface area contributed by atoms with Crippen molar-refractivity contribution in [3.63, 3.8) is 0 Å². The molecule has 1 saturated heterocycles. The Morgan fingerprint density at radius 3 is 2.16 bits per heavy atom. The second-order valence-corrected chi connectivity index (χ2v) is 5.82. The number of aliphatic hydroxyl groups is 1. The van der Waals surface area contributed by atoms with E-state index in [1.165, 1.54) is 44.7 Å². The first-order valence-electron chi connectivity index (χ1n) is 7.62. The van der Waals surface area contributed by atoms with E-state index in [9.17, 15) is 0 Å². The third kappa shape index (κ3) is 4.60. The predicted octanol–water partition coefficient (Wildman–Crippen LogP) is -1.04. The number of hydrogen-bond acceptors (Lipinski definition) is 1. The van der Waals surface area contributed by atoms with Crippen molar-refractivity contribution in [1.29, 1.82) is 0 Å². The zero-order chi connectivity index (χ0) is 13.5. The van der Waals surface area contributed by atoms with E-state index in [2.05, 4.69) is 37.3 Å². The number of quaternary nitrogens is 2. The zero-order valence-corrected chi connectivity index (χ0v) is 12.1. The summed E-state index contributed by atoms with van der Waals surface area (Å²) in [5.41, 5.74) is 1.46. The molecule has 0 aromatic heterocycles. The van der Waals surface area contributed by atoms with E-state index in [-0.39, 0.29) is 0 Å². The van der Waals surface area contributed by atoms with Crippen molar-refractivity contribution in [3.05, 3.63) is 35.9 Å². The highest BCUT2D eigenvalue weighted by Crippen LogP contribution is 2.16. The van der Waals surface area contributed by atoms with Gasteiger partial charge in [-0.2, -0.15) is 0 Å². The lowest BCUT2D eigenvalue weighted by Gasteiger charge is -2.30. The number of rotatable bonds is 6. The van der Waals surface area contributed by atoms with Gasteiger partial charge in [-0.1, -0.05) is 37.3 Å². The molecule has 0 unspecified atom stereocenters. The van der Waals surface area contributed by atoms with Crippen molar-refractivity contribution < 1.29 is 14.9 Å². The fourth-order valence-corrected chi connectivity index (χ4v) is 2.98. The van der Waals surface area contributed by atoms with E-state index in [4.69, 9.17) is 5.11 Å². The van der Waals surface area contributed by atoms with E-state index in [0.29, 0.717) is 12.5 Å². The molecule has 3 heteroatoms. The Bertz CT molecular complexity index is 347. The number of hydrogen-bond donors (Lipinski definition) is 3. The van der Waals surface area contributed by atoms with Crippen molar-refractivity contribution in [2.45, 2.75) is 19.3 Å². The normalized spacial score (nSPS) is 25.2. The van der Waals surface area contributed by atoms with Gasteiger partial charge in [0.05, 0.1) is 13.2 Å². The van der Waals surface area contributed by atoms with Crippen LogP contribution in [0.4, 0.5) is 0 Å². The fraction of sp³-hybridized carbons (Fsp3) is 0.625. The van der Waals surface area contributed by atoms with Crippen LogP contribution in [0.1, 0.15) is 24.8 Å². The van der Waals surface area contributed by atoms with Gasteiger partial charge in [0.1, 0.15) is 32.7 Å². The van der Waals surface area contributed by atoms with Crippen LogP contribution in [0.25, 0.3) is 0 Å². The van der Waals surface area contributed by atoms with Crippen LogP contribution in [0.3, 0.4) is 0 Å². The van der Waals surface area contributed by atoms with E-state index in [1.54, 1.807) is 9.80 Å². The molecular formula is C16H28N2O+2. The Hall–Kier alpha value is -0.900. The van der Waals surface area contributed by atoms with Crippen LogP contribution in [0.2, 0.25) is 0 Å². The van der Waals surface area contributed by atoms with Crippen molar-refractivity contribution in [1.82, 2.24) is 0 Å². The van der Waals surface area contributed by atoms with Gasteiger partial charge >= 0.3 is 0 Å². The van der Waals surface area contributed by atoms with Crippen molar-refractivity contribution >= 4 is 0 Å². The van der Waals surface area contributed by atoms with Gasteiger partial charge in [0, 0.05) is 6.42 Å². The molecule has 1 atom stereocenters. The number of benzene rings is 1. The lowest BCUT2D eigenvalue weighted by atomic mass is 9.97. The summed E-state index contributed by atoms with van der Waals surface area (Å²) in [4.78, 5) is 3.31. The van der Waals surface area contributed by atoms with Crippen LogP contribution < -0.4 is 9.80 Å². The first-order valence-corrected chi connectivity index (χ1v) is 7.62. The van der Waals surface area contributed by atoms with Crippen LogP contribution >= 0.6 is 0 Å². The monoisotopic (exact) mass is 264 g/mol. The van der Waals surface area contributed by atoms with Crippen molar-refractivity contribution in [3.8, 4) is 0 Å². The quantitative estimate of drug-likeness (QED) is 0.602. The second-order valence-electron chi connectivity index (χ2n) is 5.82. The lowest BCUT2D eigenvalue weighted by molar-refractivity contribution is -1.01. The summed E-state index contributed by atoms with van der Waals surface area (Å²) in [5, 5.41) is 8.96. The standard InChI is InChI=1S/C16H26N2O/c1-15(16-5-3-2-4-6-16)7-8-17-9-11-18(12-10-17)13-14-19/h2-6,15,19H,7-14H2,1H3/p+2/t15-/m0/s1. The van der Waals surface area contributed by atoms with Gasteiger partial charge in [0.25, 0.3) is 0 Å². The molecule has 0 spiro atoms. The minimum absolute atomic E-state index is 0.329. The highest BCUT2D eigenvalue weighted by atomic mass is 16.3. The summed E-state index contributed by atoms with van der Waals surface area (Å²) >= 11 is 0. The van der Waals surface area contributed by atoms with Crippen LogP contribution in [0.5, 0.6) is 0 Å². The minimum atomic E-state index is 0.329. The number of nitrogens with one attached hydrogen (secondary N) is 2. The summed E-state index contributed by atoms with van der Waals surface area (Å²) in [6.07, 6.45) is 1.27. The Morgan fingerprint density at radius 2 is 1.58 bits per heavy atom. The first kappa shape index (κ1) is 14.5. The van der Waals surface area contributed by atoms with Crippen LogP contribution in [-0.2, 0) is 0 Å². The molecule has 0 radical (unpaired) electrons. The zero-order valence-electron chi connectivity index (χ0n) is 12.1. The molecule has 2 rings (SSSR count). The summed E-state index contributed by atoms with van der Waals surface area (Å²) in [6.45, 7) is 9.83. The van der Waals surface area contributed by atoms with E-state index < -0.39 is 0 Å². The van der Waals surface area contributed by atoms with Crippen LogP contribution in [-0.4, -0.2) is 51.0 Å². The topological polar surface area (TPSA) is 29.1 Å². The number of aliphatic hydroxyl groups excluding tert-OH is 1. The van der Waals surface area contributed by atoms with E-state index >= 15 is 0 Å². The average Bonchev–Trinajstić information content (AvgIpc) is 2.47. The van der Waals surface area contributed by atoms with Gasteiger partial charge in [0.2, 0.25) is 0 Å². The smallest absolute Gasteiger partial charge is 0.127 e. The third-order valence-corrected chi connectivity index (χ3v) is 4.43. The van der Waals surface area contributed by atoms with E-state index in [0.717, 1.165) is 6.54 Å². The molecule has 0 aliphatic carbocycles. The molecule has 1 aliphatic rings. The molecular weight excluding hydrogens is 236 g/mol. The molecule has 0 saturated carbocycles. The highest BCUT2D eigenvalue weighted by molar-refractivity contribution is 5.18. The van der Waals surface area contributed by atoms with Gasteiger partial charge in [-0.25, -0.2) is 0 Å². The SMILES string of the molecule is C[C@@H](CC[NH+]1CC[NH+](CCO)CC1)c1ccccc1. The largest absolute Gasteiger partial charge is 0.391 e. The molecule has 1 fully saturated rings. The maximum absolute atomic E-state index is 8.96. The molecule has 1 aromatic rings. The second kappa shape index (κ2) is 7.63. The fourth-order valence-electron chi connectivity index (χ4n) is 2.98. The van der Waals surface area contributed by atoms with Gasteiger partial charge in [0.15, 0.2) is 0 Å². The molecule has 106 valence electrons. The maximum atomic E-state index is 8.96. The maximum Gasteiger partial charge on any atom is 0.127 e. The highest BCUT2D eigenvalue weighted by Gasteiger charge is 2.22. The average molecular weight is 264 g/mol. The Morgan fingerprint density at radius 1 is 1.00 bits per heavy atom. The summed E-state index contributed by atoms with van der Waals surface area (Å²) in [5.74, 6) is 0.663. The van der Waals surface area contributed by atoms with Gasteiger partial charge in [-0.05, 0) is 11.5 Å². The van der Waals surface area contributed by atoms with Gasteiger partial charge < -0.3 is 14.9 Å². The van der Waals surface area contributed by atoms with Gasteiger partial charge in [-0.3, -0.25) is 0 Å². The van der Waals surface area contributed by atoms with Crippen LogP contribution in [0, 0.1) is 0 Å². The molecule has 0 bridgehead atoms. The third-order valence-electron chi connectivity index (χ3n) is 4.43. The number of piperazine rings is 1. The minimum Gasteiger partial charge on any atom is -0.391 e.